The van der Waals surface area contributed by atoms with E-state index in [0.29, 0.717) is 37.0 Å². The molecular weight excluding hydrogens is 677 g/mol. The van der Waals surface area contributed by atoms with Crippen molar-refractivity contribution in [1.29, 1.82) is 0 Å². The van der Waals surface area contributed by atoms with Crippen LogP contribution in [-0.4, -0.2) is 88.6 Å². The maximum Gasteiger partial charge on any atom is 0.262 e. The molecule has 1 N–H and O–H groups in total. The lowest BCUT2D eigenvalue weighted by Gasteiger charge is -2.43. The molecule has 6 heterocycles. The van der Waals surface area contributed by atoms with Crippen molar-refractivity contribution in [2.45, 2.75) is 43.9 Å². The van der Waals surface area contributed by atoms with E-state index in [2.05, 4.69) is 32.1 Å². The number of thiazole rings is 1. The Kier molecular flexibility index (Phi) is 9.24. The van der Waals surface area contributed by atoms with Gasteiger partial charge in [0.25, 0.3) is 5.56 Å². The minimum absolute atomic E-state index is 0.0503. The van der Waals surface area contributed by atoms with Gasteiger partial charge >= 0.3 is 0 Å². The molecule has 4 aromatic heterocycles. The Morgan fingerprint density at radius 3 is 2.54 bits per heavy atom. The number of amides is 1. The van der Waals surface area contributed by atoms with E-state index >= 15 is 0 Å². The first kappa shape index (κ1) is 34.0. The Balaban J connectivity index is 0.928. The van der Waals surface area contributed by atoms with Gasteiger partial charge in [-0.15, -0.1) is 11.3 Å². The number of fused-ring (bicyclic) bond motifs is 1. The first-order valence-electron chi connectivity index (χ1n) is 17.7. The van der Waals surface area contributed by atoms with E-state index in [1.165, 1.54) is 21.3 Å². The highest BCUT2D eigenvalue weighted by Gasteiger charge is 2.41. The van der Waals surface area contributed by atoms with Crippen LogP contribution in [0.4, 0.5) is 0 Å². The van der Waals surface area contributed by atoms with Gasteiger partial charge in [0, 0.05) is 74.2 Å². The SMILES string of the molecule is COc1ccc(-n2ccc3c(=O)n(CC4(O)CCN(C(=O)[C@@H]5CCN(Cc6cnc(-c7ccnn7C)s6)C[C@H]5c5ccccc5)CC4)cnc32)cc1. The standard InChI is InChI=1S/C39H42N8O4S/c1-43-34(12-17-42-43)36-40-22-30(52-36)23-44-18-13-31(33(24-44)27-6-4-3-5-7-27)37(48)45-20-15-39(50,16-21-45)25-46-26-41-35-32(38(46)49)14-19-47(35)28-8-10-29(51-2)11-9-28/h3-12,14,17,19,22,26,31,33,50H,13,15-16,18,20-21,23-25H2,1-2H3/t31-,33+/m1/s1. The summed E-state index contributed by atoms with van der Waals surface area (Å²) in [6.45, 7) is 3.36. The van der Waals surface area contributed by atoms with Gasteiger partial charge in [-0.3, -0.25) is 23.7 Å². The van der Waals surface area contributed by atoms with E-state index in [9.17, 15) is 14.7 Å². The minimum atomic E-state index is -1.13. The van der Waals surface area contributed by atoms with Crippen LogP contribution in [0.2, 0.25) is 0 Å². The highest BCUT2D eigenvalue weighted by molar-refractivity contribution is 7.15. The van der Waals surface area contributed by atoms with Crippen LogP contribution in [0.25, 0.3) is 27.4 Å². The molecular formula is C39H42N8O4S. The second kappa shape index (κ2) is 14.1. The summed E-state index contributed by atoms with van der Waals surface area (Å²) in [5.74, 6) is 0.790. The molecule has 1 amide bonds. The van der Waals surface area contributed by atoms with Crippen LogP contribution in [0.3, 0.4) is 0 Å². The molecule has 0 unspecified atom stereocenters. The summed E-state index contributed by atoms with van der Waals surface area (Å²) in [7, 11) is 3.55. The number of methoxy groups -OCH3 is 1. The van der Waals surface area contributed by atoms with Crippen molar-refractivity contribution in [3.8, 4) is 22.1 Å². The van der Waals surface area contributed by atoms with Crippen LogP contribution in [0, 0.1) is 5.92 Å². The molecule has 12 nitrogen and oxygen atoms in total. The monoisotopic (exact) mass is 718 g/mol. The van der Waals surface area contributed by atoms with E-state index in [0.717, 1.165) is 48.2 Å². The quantitative estimate of drug-likeness (QED) is 0.228. The predicted octanol–water partition coefficient (Wildman–Crippen LogP) is 4.71. The Bertz CT molecular complexity index is 2230. The molecule has 0 bridgehead atoms. The fraction of sp³-hybridized carbons (Fsp3) is 0.359. The summed E-state index contributed by atoms with van der Waals surface area (Å²) in [6.07, 6.45) is 8.61. The Morgan fingerprint density at radius 2 is 1.81 bits per heavy atom. The zero-order valence-corrected chi connectivity index (χ0v) is 30.2. The Hall–Kier alpha value is -5.11. The maximum atomic E-state index is 14.2. The highest BCUT2D eigenvalue weighted by Crippen LogP contribution is 2.37. The van der Waals surface area contributed by atoms with Gasteiger partial charge in [0.05, 0.1) is 30.3 Å². The number of piperidine rings is 2. The van der Waals surface area contributed by atoms with Gasteiger partial charge in [-0.05, 0) is 67.8 Å². The number of hydrogen-bond acceptors (Lipinski definition) is 9. The fourth-order valence-corrected chi connectivity index (χ4v) is 8.78. The summed E-state index contributed by atoms with van der Waals surface area (Å²) in [5.41, 5.74) is 2.27. The van der Waals surface area contributed by atoms with E-state index in [1.54, 1.807) is 30.7 Å². The van der Waals surface area contributed by atoms with Crippen molar-refractivity contribution in [3.63, 3.8) is 0 Å². The van der Waals surface area contributed by atoms with Crippen LogP contribution in [0.1, 0.15) is 35.6 Å². The number of ether oxygens (including phenoxy) is 1. The van der Waals surface area contributed by atoms with Crippen molar-refractivity contribution < 1.29 is 14.6 Å². The number of aromatic nitrogens is 6. The Morgan fingerprint density at radius 1 is 1.02 bits per heavy atom. The van der Waals surface area contributed by atoms with Crippen molar-refractivity contribution >= 4 is 28.3 Å². The van der Waals surface area contributed by atoms with Crippen molar-refractivity contribution in [2.75, 3.05) is 33.3 Å². The highest BCUT2D eigenvalue weighted by atomic mass is 32.1. The molecule has 2 saturated heterocycles. The van der Waals surface area contributed by atoms with Gasteiger partial charge in [-0.1, -0.05) is 30.3 Å². The lowest BCUT2D eigenvalue weighted by molar-refractivity contribution is -0.142. The topological polar surface area (TPSA) is 124 Å². The summed E-state index contributed by atoms with van der Waals surface area (Å²) in [5, 5.41) is 17.4. The third-order valence-electron chi connectivity index (χ3n) is 10.7. The lowest BCUT2D eigenvalue weighted by atomic mass is 9.79. The number of nitrogens with zero attached hydrogens (tertiary/aromatic N) is 8. The predicted molar refractivity (Wildman–Crippen MR) is 200 cm³/mol. The molecule has 2 aliphatic rings. The number of rotatable bonds is 9. The lowest BCUT2D eigenvalue weighted by Crippen LogP contribution is -2.53. The molecule has 0 spiro atoms. The van der Waals surface area contributed by atoms with Crippen LogP contribution >= 0.6 is 11.3 Å². The first-order valence-corrected chi connectivity index (χ1v) is 18.5. The minimum Gasteiger partial charge on any atom is -0.497 e. The van der Waals surface area contributed by atoms with E-state index in [1.807, 2.05) is 82.1 Å². The van der Waals surface area contributed by atoms with Crippen LogP contribution in [0.15, 0.2) is 96.4 Å². The number of aryl methyl sites for hydroxylation is 1. The average Bonchev–Trinajstić information content (AvgIpc) is 3.93. The fourth-order valence-electron chi connectivity index (χ4n) is 7.77. The largest absolute Gasteiger partial charge is 0.497 e. The van der Waals surface area contributed by atoms with Gasteiger partial charge in [-0.25, -0.2) is 9.97 Å². The third-order valence-corrected chi connectivity index (χ3v) is 11.7. The normalized spacial score (nSPS) is 19.2. The molecule has 8 rings (SSSR count). The average molecular weight is 719 g/mol. The first-order chi connectivity index (χ1) is 25.3. The molecule has 52 heavy (non-hydrogen) atoms. The zero-order valence-electron chi connectivity index (χ0n) is 29.3. The molecule has 0 aliphatic carbocycles. The molecule has 0 radical (unpaired) electrons. The smallest absolute Gasteiger partial charge is 0.262 e. The second-order valence-electron chi connectivity index (χ2n) is 14.0. The summed E-state index contributed by atoms with van der Waals surface area (Å²) in [6, 6.07) is 21.7. The molecule has 268 valence electrons. The molecule has 13 heteroatoms. The number of aliphatic hydroxyl groups is 1. The van der Waals surface area contributed by atoms with Crippen LogP contribution in [0.5, 0.6) is 5.75 Å². The number of likely N-dealkylation sites (tertiary alicyclic amines) is 2. The van der Waals surface area contributed by atoms with Crippen molar-refractivity contribution in [1.82, 2.24) is 38.7 Å². The van der Waals surface area contributed by atoms with Crippen molar-refractivity contribution in [2.24, 2.45) is 13.0 Å². The van der Waals surface area contributed by atoms with Gasteiger partial charge < -0.3 is 19.3 Å². The molecule has 2 aromatic carbocycles. The van der Waals surface area contributed by atoms with Crippen molar-refractivity contribution in [3.05, 3.63) is 112 Å². The van der Waals surface area contributed by atoms with E-state index in [-0.39, 0.29) is 29.8 Å². The number of carbonyl (C=O) groups excluding carboxylic acids is 1. The van der Waals surface area contributed by atoms with E-state index in [4.69, 9.17) is 4.74 Å². The van der Waals surface area contributed by atoms with Gasteiger partial charge in [-0.2, -0.15) is 5.10 Å². The van der Waals surface area contributed by atoms with Gasteiger partial charge in [0.15, 0.2) is 5.65 Å². The number of hydrogen-bond donors (Lipinski definition) is 1. The Labute approximate surface area is 305 Å². The molecule has 2 fully saturated rings. The van der Waals surface area contributed by atoms with Crippen LogP contribution in [-0.2, 0) is 24.9 Å². The summed E-state index contributed by atoms with van der Waals surface area (Å²) < 4.78 is 10.5. The zero-order chi connectivity index (χ0) is 35.8. The maximum absolute atomic E-state index is 14.2. The summed E-state index contributed by atoms with van der Waals surface area (Å²) in [4.78, 5) is 42.6. The molecule has 2 aliphatic heterocycles. The number of benzene rings is 2. The number of carbonyl (C=O) groups is 1. The molecule has 6 aromatic rings. The summed E-state index contributed by atoms with van der Waals surface area (Å²) >= 11 is 1.69. The third kappa shape index (κ3) is 6.67. The molecule has 2 atom stereocenters. The van der Waals surface area contributed by atoms with Crippen LogP contribution < -0.4 is 10.3 Å². The van der Waals surface area contributed by atoms with E-state index < -0.39 is 5.60 Å². The van der Waals surface area contributed by atoms with Gasteiger partial charge in [0.2, 0.25) is 5.91 Å². The van der Waals surface area contributed by atoms with Gasteiger partial charge in [0.1, 0.15) is 17.1 Å². The molecule has 0 saturated carbocycles. The second-order valence-corrected chi connectivity index (χ2v) is 15.1.